The molecule has 2 aromatic carbocycles. The van der Waals surface area contributed by atoms with Gasteiger partial charge in [0, 0.05) is 4.90 Å². The molecule has 6 heteroatoms. The Hall–Kier alpha value is -1.76. The summed E-state index contributed by atoms with van der Waals surface area (Å²) in [5.41, 5.74) is 1.54. The van der Waals surface area contributed by atoms with Crippen LogP contribution in [0.3, 0.4) is 0 Å². The SMILES string of the molecule is CSc1cccc(N2C(=O)/C(=C\c3cccc(O)c3)SC2=S)c1. The van der Waals surface area contributed by atoms with Crippen LogP contribution in [0, 0.1) is 0 Å². The first-order valence-corrected chi connectivity index (χ1v) is 9.24. The highest BCUT2D eigenvalue weighted by Crippen LogP contribution is 2.37. The summed E-state index contributed by atoms with van der Waals surface area (Å²) in [4.78, 5) is 15.9. The summed E-state index contributed by atoms with van der Waals surface area (Å²) >= 11 is 8.26. The van der Waals surface area contributed by atoms with Crippen LogP contribution in [0.4, 0.5) is 5.69 Å². The van der Waals surface area contributed by atoms with Crippen LogP contribution in [0.2, 0.25) is 0 Å². The smallest absolute Gasteiger partial charge is 0.270 e. The van der Waals surface area contributed by atoms with Gasteiger partial charge in [0.15, 0.2) is 4.32 Å². The number of phenols is 1. The first-order valence-electron chi connectivity index (χ1n) is 6.79. The van der Waals surface area contributed by atoms with Crippen molar-refractivity contribution in [2.24, 2.45) is 0 Å². The minimum absolute atomic E-state index is 0.137. The van der Waals surface area contributed by atoms with E-state index < -0.39 is 0 Å². The van der Waals surface area contributed by atoms with E-state index in [0.717, 1.165) is 16.1 Å². The van der Waals surface area contributed by atoms with Gasteiger partial charge >= 0.3 is 0 Å². The minimum Gasteiger partial charge on any atom is -0.508 e. The fourth-order valence-corrected chi connectivity index (χ4v) is 3.96. The second kappa shape index (κ2) is 6.78. The molecule has 0 aromatic heterocycles. The molecule has 1 aliphatic rings. The van der Waals surface area contributed by atoms with E-state index in [-0.39, 0.29) is 11.7 Å². The summed E-state index contributed by atoms with van der Waals surface area (Å²) in [6, 6.07) is 14.5. The Balaban J connectivity index is 1.93. The van der Waals surface area contributed by atoms with Crippen molar-refractivity contribution in [2.45, 2.75) is 4.90 Å². The molecule has 3 rings (SSSR count). The number of hydrogen-bond acceptors (Lipinski definition) is 5. The number of carbonyl (C=O) groups is 1. The second-order valence-corrected chi connectivity index (χ2v) is 7.37. The average molecular weight is 359 g/mol. The summed E-state index contributed by atoms with van der Waals surface area (Å²) in [6.45, 7) is 0. The summed E-state index contributed by atoms with van der Waals surface area (Å²) in [7, 11) is 0. The highest BCUT2D eigenvalue weighted by molar-refractivity contribution is 8.27. The van der Waals surface area contributed by atoms with Crippen LogP contribution in [0.5, 0.6) is 5.75 Å². The molecule has 1 amide bonds. The third-order valence-corrected chi connectivity index (χ3v) is 5.30. The van der Waals surface area contributed by atoms with E-state index >= 15 is 0 Å². The fraction of sp³-hybridized carbons (Fsp3) is 0.0588. The van der Waals surface area contributed by atoms with Gasteiger partial charge in [0.25, 0.3) is 5.91 Å². The predicted octanol–water partition coefficient (Wildman–Crippen LogP) is 4.52. The fourth-order valence-electron chi connectivity index (χ4n) is 2.21. The molecular weight excluding hydrogens is 346 g/mol. The van der Waals surface area contributed by atoms with Gasteiger partial charge in [0.1, 0.15) is 5.75 Å². The van der Waals surface area contributed by atoms with Gasteiger partial charge in [0.05, 0.1) is 10.6 Å². The van der Waals surface area contributed by atoms with E-state index in [4.69, 9.17) is 12.2 Å². The lowest BCUT2D eigenvalue weighted by atomic mass is 10.2. The maximum Gasteiger partial charge on any atom is 0.270 e. The molecule has 0 radical (unpaired) electrons. The molecule has 0 atom stereocenters. The molecule has 0 saturated carbocycles. The molecule has 1 N–H and O–H groups in total. The van der Waals surface area contributed by atoms with E-state index in [9.17, 15) is 9.90 Å². The molecule has 2 aromatic rings. The van der Waals surface area contributed by atoms with Crippen molar-refractivity contribution < 1.29 is 9.90 Å². The molecule has 0 spiro atoms. The number of carbonyl (C=O) groups excluding carboxylic acids is 1. The van der Waals surface area contributed by atoms with Gasteiger partial charge in [-0.15, -0.1) is 11.8 Å². The summed E-state index contributed by atoms with van der Waals surface area (Å²) in [5.74, 6) is 0.0310. The molecule has 1 saturated heterocycles. The Labute approximate surface area is 148 Å². The molecule has 0 aliphatic carbocycles. The van der Waals surface area contributed by atoms with Gasteiger partial charge < -0.3 is 5.11 Å². The number of anilines is 1. The Morgan fingerprint density at radius 2 is 2.00 bits per heavy atom. The molecule has 0 bridgehead atoms. The van der Waals surface area contributed by atoms with Crippen LogP contribution in [-0.2, 0) is 4.79 Å². The summed E-state index contributed by atoms with van der Waals surface area (Å²) in [6.07, 6.45) is 3.74. The van der Waals surface area contributed by atoms with Crippen LogP contribution >= 0.6 is 35.7 Å². The minimum atomic E-state index is -0.137. The molecule has 0 unspecified atom stereocenters. The number of thiocarbonyl (C=S) groups is 1. The largest absolute Gasteiger partial charge is 0.508 e. The van der Waals surface area contributed by atoms with Gasteiger partial charge in [-0.25, -0.2) is 0 Å². The van der Waals surface area contributed by atoms with Gasteiger partial charge in [-0.1, -0.05) is 42.2 Å². The van der Waals surface area contributed by atoms with E-state index in [0.29, 0.717) is 9.23 Å². The van der Waals surface area contributed by atoms with E-state index in [1.807, 2.05) is 36.6 Å². The molecule has 3 nitrogen and oxygen atoms in total. The zero-order chi connectivity index (χ0) is 16.4. The number of thioether (sulfide) groups is 2. The maximum absolute atomic E-state index is 12.7. The molecule has 1 aliphatic heterocycles. The quantitative estimate of drug-likeness (QED) is 0.496. The number of amides is 1. The number of hydrogen-bond donors (Lipinski definition) is 1. The maximum atomic E-state index is 12.7. The van der Waals surface area contributed by atoms with Crippen LogP contribution in [0.15, 0.2) is 58.3 Å². The normalized spacial score (nSPS) is 16.4. The molecule has 1 fully saturated rings. The molecule has 1 heterocycles. The van der Waals surface area contributed by atoms with Crippen molar-refractivity contribution in [3.63, 3.8) is 0 Å². The van der Waals surface area contributed by atoms with Crippen LogP contribution < -0.4 is 4.90 Å². The molecular formula is C17H13NO2S3. The van der Waals surface area contributed by atoms with Crippen LogP contribution in [-0.4, -0.2) is 21.6 Å². The van der Waals surface area contributed by atoms with Crippen molar-refractivity contribution in [3.8, 4) is 5.75 Å². The third-order valence-electron chi connectivity index (χ3n) is 3.27. The van der Waals surface area contributed by atoms with Gasteiger partial charge in [-0.2, -0.15) is 0 Å². The Bertz CT molecular complexity index is 817. The van der Waals surface area contributed by atoms with Gasteiger partial charge in [0.2, 0.25) is 0 Å². The summed E-state index contributed by atoms with van der Waals surface area (Å²) in [5, 5.41) is 9.53. The standard InChI is InChI=1S/C17H13NO2S3/c1-22-14-7-3-5-12(10-14)18-16(20)15(23-17(18)21)9-11-4-2-6-13(19)8-11/h2-10,19H,1H3/b15-9+. The third kappa shape index (κ3) is 3.44. The van der Waals surface area contributed by atoms with Crippen LogP contribution in [0.25, 0.3) is 6.08 Å². The van der Waals surface area contributed by atoms with Crippen LogP contribution in [0.1, 0.15) is 5.56 Å². The highest BCUT2D eigenvalue weighted by atomic mass is 32.2. The molecule has 116 valence electrons. The topological polar surface area (TPSA) is 40.5 Å². The lowest BCUT2D eigenvalue weighted by Gasteiger charge is -2.15. The zero-order valence-corrected chi connectivity index (χ0v) is 14.7. The van der Waals surface area contributed by atoms with Gasteiger partial charge in [-0.3, -0.25) is 9.69 Å². The first kappa shape index (κ1) is 16.1. The number of nitrogens with zero attached hydrogens (tertiary/aromatic N) is 1. The first-order chi connectivity index (χ1) is 11.1. The Morgan fingerprint density at radius 1 is 1.22 bits per heavy atom. The lowest BCUT2D eigenvalue weighted by molar-refractivity contribution is -0.113. The zero-order valence-electron chi connectivity index (χ0n) is 12.2. The summed E-state index contributed by atoms with van der Waals surface area (Å²) < 4.78 is 0.514. The number of rotatable bonds is 3. The lowest BCUT2D eigenvalue weighted by Crippen LogP contribution is -2.27. The number of phenolic OH excluding ortho intramolecular Hbond substituents is 1. The van der Waals surface area contributed by atoms with Crippen molar-refractivity contribution in [1.82, 2.24) is 0 Å². The highest BCUT2D eigenvalue weighted by Gasteiger charge is 2.33. The monoisotopic (exact) mass is 359 g/mol. The van der Waals surface area contributed by atoms with Crippen molar-refractivity contribution in [3.05, 3.63) is 59.0 Å². The van der Waals surface area contributed by atoms with E-state index in [2.05, 4.69) is 0 Å². The second-order valence-electron chi connectivity index (χ2n) is 4.81. The number of benzene rings is 2. The number of aromatic hydroxyl groups is 1. The van der Waals surface area contributed by atoms with Crippen molar-refractivity contribution in [1.29, 1.82) is 0 Å². The Morgan fingerprint density at radius 3 is 2.74 bits per heavy atom. The van der Waals surface area contributed by atoms with E-state index in [1.54, 1.807) is 40.9 Å². The van der Waals surface area contributed by atoms with Gasteiger partial charge in [-0.05, 0) is 48.2 Å². The average Bonchev–Trinajstić information content (AvgIpc) is 2.81. The molecule has 23 heavy (non-hydrogen) atoms. The van der Waals surface area contributed by atoms with E-state index in [1.165, 1.54) is 11.8 Å². The van der Waals surface area contributed by atoms with Crippen molar-refractivity contribution in [2.75, 3.05) is 11.2 Å². The Kier molecular flexibility index (Phi) is 4.75. The predicted molar refractivity (Wildman–Crippen MR) is 102 cm³/mol. The van der Waals surface area contributed by atoms with Crippen molar-refractivity contribution >= 4 is 57.7 Å².